The summed E-state index contributed by atoms with van der Waals surface area (Å²) in [4.78, 5) is 14.4. The first-order valence-electron chi connectivity index (χ1n) is 6.49. The summed E-state index contributed by atoms with van der Waals surface area (Å²) in [7, 11) is 0. The predicted octanol–water partition coefficient (Wildman–Crippen LogP) is 1.72. The van der Waals surface area contributed by atoms with Gasteiger partial charge in [-0.25, -0.2) is 0 Å². The maximum atomic E-state index is 12.4. The molecule has 17 heavy (non-hydrogen) atoms. The molecule has 0 spiro atoms. The summed E-state index contributed by atoms with van der Waals surface area (Å²) >= 11 is 0. The molecule has 2 aliphatic heterocycles. The monoisotopic (exact) mass is 230 g/mol. The van der Waals surface area contributed by atoms with Crippen molar-refractivity contribution in [3.05, 3.63) is 29.8 Å². The molecule has 1 N–H and O–H groups in total. The molecule has 90 valence electrons. The van der Waals surface area contributed by atoms with Crippen LogP contribution in [0, 0.1) is 0 Å². The third kappa shape index (κ3) is 1.95. The SMILES string of the molecule is O=C(C1CCCCN1)N1CCc2ccccc21. The fourth-order valence-corrected chi connectivity index (χ4v) is 2.82. The number of piperidine rings is 1. The molecule has 0 saturated carbocycles. The molecule has 1 aromatic rings. The minimum atomic E-state index is 0.0370. The Morgan fingerprint density at radius 1 is 1.29 bits per heavy atom. The summed E-state index contributed by atoms with van der Waals surface area (Å²) in [5, 5.41) is 3.34. The van der Waals surface area contributed by atoms with E-state index in [4.69, 9.17) is 0 Å². The number of carbonyl (C=O) groups is 1. The van der Waals surface area contributed by atoms with Crippen LogP contribution >= 0.6 is 0 Å². The van der Waals surface area contributed by atoms with Crippen molar-refractivity contribution in [2.45, 2.75) is 31.7 Å². The minimum absolute atomic E-state index is 0.0370. The van der Waals surface area contributed by atoms with Crippen molar-refractivity contribution < 1.29 is 4.79 Å². The Bertz CT molecular complexity index is 424. The van der Waals surface area contributed by atoms with Crippen molar-refractivity contribution in [3.8, 4) is 0 Å². The highest BCUT2D eigenvalue weighted by molar-refractivity contribution is 5.99. The molecule has 1 fully saturated rings. The molecule has 1 amide bonds. The quantitative estimate of drug-likeness (QED) is 0.796. The van der Waals surface area contributed by atoms with E-state index in [0.29, 0.717) is 0 Å². The van der Waals surface area contributed by atoms with Gasteiger partial charge in [0.05, 0.1) is 6.04 Å². The molecule has 0 aromatic heterocycles. The Morgan fingerprint density at radius 2 is 2.18 bits per heavy atom. The van der Waals surface area contributed by atoms with Crippen LogP contribution in [0.2, 0.25) is 0 Å². The summed E-state index contributed by atoms with van der Waals surface area (Å²) in [5.41, 5.74) is 2.42. The molecule has 0 aliphatic carbocycles. The van der Waals surface area contributed by atoms with E-state index in [1.165, 1.54) is 18.4 Å². The first kappa shape index (κ1) is 10.8. The van der Waals surface area contributed by atoms with Gasteiger partial charge in [-0.1, -0.05) is 24.6 Å². The molecule has 3 nitrogen and oxygen atoms in total. The van der Waals surface area contributed by atoms with Crippen molar-refractivity contribution in [1.29, 1.82) is 0 Å². The molecule has 1 aromatic carbocycles. The fourth-order valence-electron chi connectivity index (χ4n) is 2.82. The van der Waals surface area contributed by atoms with E-state index in [1.807, 2.05) is 17.0 Å². The van der Waals surface area contributed by atoms with Crippen molar-refractivity contribution in [3.63, 3.8) is 0 Å². The first-order valence-corrected chi connectivity index (χ1v) is 6.49. The number of amides is 1. The second-order valence-electron chi connectivity index (χ2n) is 4.87. The molecule has 1 unspecified atom stereocenters. The van der Waals surface area contributed by atoms with Gasteiger partial charge >= 0.3 is 0 Å². The number of hydrogen-bond donors (Lipinski definition) is 1. The Kier molecular flexibility index (Phi) is 2.85. The molecule has 1 atom stereocenters. The molecule has 3 rings (SSSR count). The molecule has 2 heterocycles. The number of fused-ring (bicyclic) bond motifs is 1. The second kappa shape index (κ2) is 4.49. The van der Waals surface area contributed by atoms with Crippen molar-refractivity contribution >= 4 is 11.6 Å². The molecule has 3 heteroatoms. The maximum absolute atomic E-state index is 12.4. The number of anilines is 1. The lowest BCUT2D eigenvalue weighted by Crippen LogP contribution is -2.48. The van der Waals surface area contributed by atoms with Crippen LogP contribution in [0.25, 0.3) is 0 Å². The Hall–Kier alpha value is -1.35. The van der Waals surface area contributed by atoms with E-state index in [9.17, 15) is 4.79 Å². The number of carbonyl (C=O) groups excluding carboxylic acids is 1. The van der Waals surface area contributed by atoms with Gasteiger partial charge in [0, 0.05) is 12.2 Å². The third-order valence-electron chi connectivity index (χ3n) is 3.76. The van der Waals surface area contributed by atoms with Gasteiger partial charge in [0.1, 0.15) is 0 Å². The van der Waals surface area contributed by atoms with Crippen LogP contribution in [0.4, 0.5) is 5.69 Å². The summed E-state index contributed by atoms with van der Waals surface area (Å²) in [6.07, 6.45) is 4.34. The van der Waals surface area contributed by atoms with E-state index >= 15 is 0 Å². The van der Waals surface area contributed by atoms with Crippen LogP contribution in [-0.2, 0) is 11.2 Å². The summed E-state index contributed by atoms with van der Waals surface area (Å²) in [6, 6.07) is 8.28. The Balaban J connectivity index is 1.79. The third-order valence-corrected chi connectivity index (χ3v) is 3.76. The zero-order valence-corrected chi connectivity index (χ0v) is 9.98. The lowest BCUT2D eigenvalue weighted by Gasteiger charge is -2.27. The van der Waals surface area contributed by atoms with Gasteiger partial charge in [-0.05, 0) is 37.4 Å². The number of nitrogens with zero attached hydrogens (tertiary/aromatic N) is 1. The molecular weight excluding hydrogens is 212 g/mol. The van der Waals surface area contributed by atoms with E-state index in [2.05, 4.69) is 17.4 Å². The Morgan fingerprint density at radius 3 is 3.00 bits per heavy atom. The van der Waals surface area contributed by atoms with Crippen molar-refractivity contribution in [2.24, 2.45) is 0 Å². The van der Waals surface area contributed by atoms with Crippen LogP contribution in [0.5, 0.6) is 0 Å². The standard InChI is InChI=1S/C14H18N2O/c17-14(12-6-3-4-9-15-12)16-10-8-11-5-1-2-7-13(11)16/h1-2,5,7,12,15H,3-4,6,8-10H2. The van der Waals surface area contributed by atoms with Gasteiger partial charge in [0.25, 0.3) is 0 Å². The highest BCUT2D eigenvalue weighted by Gasteiger charge is 2.30. The largest absolute Gasteiger partial charge is 0.310 e. The van der Waals surface area contributed by atoms with Crippen LogP contribution in [-0.4, -0.2) is 25.0 Å². The van der Waals surface area contributed by atoms with Gasteiger partial charge in [-0.2, -0.15) is 0 Å². The van der Waals surface area contributed by atoms with Crippen LogP contribution in [0.1, 0.15) is 24.8 Å². The zero-order valence-electron chi connectivity index (χ0n) is 9.98. The summed E-state index contributed by atoms with van der Waals surface area (Å²) in [5.74, 6) is 0.259. The van der Waals surface area contributed by atoms with Gasteiger partial charge in [0.2, 0.25) is 5.91 Å². The van der Waals surface area contributed by atoms with Crippen LogP contribution < -0.4 is 10.2 Å². The van der Waals surface area contributed by atoms with Gasteiger partial charge in [-0.3, -0.25) is 4.79 Å². The number of nitrogens with one attached hydrogen (secondary N) is 1. The molecule has 0 radical (unpaired) electrons. The summed E-state index contributed by atoms with van der Waals surface area (Å²) in [6.45, 7) is 1.82. The van der Waals surface area contributed by atoms with E-state index in [-0.39, 0.29) is 11.9 Å². The average molecular weight is 230 g/mol. The average Bonchev–Trinajstić information content (AvgIpc) is 2.83. The Labute approximate surface area is 102 Å². The minimum Gasteiger partial charge on any atom is -0.310 e. The number of rotatable bonds is 1. The number of benzene rings is 1. The topological polar surface area (TPSA) is 32.3 Å². The summed E-state index contributed by atoms with van der Waals surface area (Å²) < 4.78 is 0. The predicted molar refractivity (Wildman–Crippen MR) is 68.1 cm³/mol. The molecule has 2 aliphatic rings. The molecule has 1 saturated heterocycles. The highest BCUT2D eigenvalue weighted by atomic mass is 16.2. The van der Waals surface area contributed by atoms with E-state index < -0.39 is 0 Å². The van der Waals surface area contributed by atoms with Gasteiger partial charge < -0.3 is 10.2 Å². The first-order chi connectivity index (χ1) is 8.36. The smallest absolute Gasteiger partial charge is 0.244 e. The van der Waals surface area contributed by atoms with Crippen LogP contribution in [0.3, 0.4) is 0 Å². The van der Waals surface area contributed by atoms with Crippen molar-refractivity contribution in [1.82, 2.24) is 5.32 Å². The molecule has 0 bridgehead atoms. The highest BCUT2D eigenvalue weighted by Crippen LogP contribution is 2.28. The molecular formula is C14H18N2O. The fraction of sp³-hybridized carbons (Fsp3) is 0.500. The second-order valence-corrected chi connectivity index (χ2v) is 4.87. The lowest BCUT2D eigenvalue weighted by molar-refractivity contribution is -0.121. The zero-order chi connectivity index (χ0) is 11.7. The van der Waals surface area contributed by atoms with Gasteiger partial charge in [-0.15, -0.1) is 0 Å². The maximum Gasteiger partial charge on any atom is 0.244 e. The number of para-hydroxylation sites is 1. The lowest BCUT2D eigenvalue weighted by atomic mass is 10.0. The van der Waals surface area contributed by atoms with Crippen LogP contribution in [0.15, 0.2) is 24.3 Å². The van der Waals surface area contributed by atoms with Gasteiger partial charge in [0.15, 0.2) is 0 Å². The normalized spacial score (nSPS) is 23.5. The van der Waals surface area contributed by atoms with Crippen molar-refractivity contribution in [2.75, 3.05) is 18.0 Å². The van der Waals surface area contributed by atoms with E-state index in [1.54, 1.807) is 0 Å². The number of hydrogen-bond acceptors (Lipinski definition) is 2. The van der Waals surface area contributed by atoms with E-state index in [0.717, 1.165) is 31.6 Å².